The molecule has 4 heteroatoms. The standard InChI is InChI=1S/ClH.K.Mg.O/h1H;;;/q;+1;+2;-2/p-1. The molecule has 0 bridgehead atoms. The molecular weight excluding hydrogens is 115 g/mol. The third-order valence-corrected chi connectivity index (χ3v) is 0. The fraction of sp³-hybridized carbons (Fsp3) is 0. The molecule has 0 aliphatic rings. The van der Waals surface area contributed by atoms with Crippen molar-refractivity contribution in [1.29, 1.82) is 0 Å². The maximum atomic E-state index is 0. The molecule has 0 saturated heterocycles. The van der Waals surface area contributed by atoms with E-state index in [-0.39, 0.29) is 92.3 Å². The van der Waals surface area contributed by atoms with Gasteiger partial charge in [-0.2, -0.15) is 0 Å². The summed E-state index contributed by atoms with van der Waals surface area (Å²) < 4.78 is 0. The Morgan fingerprint density at radius 3 is 1.00 bits per heavy atom. The first-order valence-electron chi connectivity index (χ1n) is 0. The van der Waals surface area contributed by atoms with Gasteiger partial charge in [0.25, 0.3) is 0 Å². The largest absolute Gasteiger partial charge is 2.00 e. The molecule has 0 aromatic heterocycles. The second kappa shape index (κ2) is 17.4. The molecule has 0 fully saturated rings. The Kier molecular flexibility index (Phi) is 131. The van der Waals surface area contributed by atoms with E-state index >= 15 is 0 Å². The van der Waals surface area contributed by atoms with Crippen molar-refractivity contribution in [3.63, 3.8) is 0 Å². The van der Waals surface area contributed by atoms with E-state index < -0.39 is 0 Å². The zero-order chi connectivity index (χ0) is 0. The van der Waals surface area contributed by atoms with Gasteiger partial charge >= 0.3 is 74.4 Å². The normalized spacial score (nSPS) is 0. The molecule has 0 aliphatic heterocycles. The van der Waals surface area contributed by atoms with Crippen LogP contribution in [-0.4, -0.2) is 23.1 Å². The Balaban J connectivity index is 0. The van der Waals surface area contributed by atoms with Crippen molar-refractivity contribution in [2.45, 2.75) is 0 Å². The van der Waals surface area contributed by atoms with Crippen LogP contribution in [0.4, 0.5) is 0 Å². The summed E-state index contributed by atoms with van der Waals surface area (Å²) in [7, 11) is 0. The maximum Gasteiger partial charge on any atom is 2.00 e. The van der Waals surface area contributed by atoms with Gasteiger partial charge in [-0.3, -0.25) is 0 Å². The molecular formula is ClKMgO. The zero-order valence-corrected chi connectivity index (χ0v) is 7.79. The van der Waals surface area contributed by atoms with Crippen LogP contribution in [-0.2, 0) is 5.48 Å². The molecule has 0 N–H and O–H groups in total. The van der Waals surface area contributed by atoms with Crippen LogP contribution in [0.3, 0.4) is 0 Å². The van der Waals surface area contributed by atoms with E-state index in [4.69, 9.17) is 0 Å². The molecule has 0 unspecified atom stereocenters. The first kappa shape index (κ1) is 30.2. The molecule has 16 valence electrons. The fourth-order valence-corrected chi connectivity index (χ4v) is 0. The van der Waals surface area contributed by atoms with Gasteiger partial charge in [-0.1, -0.05) is 0 Å². The van der Waals surface area contributed by atoms with Gasteiger partial charge in [0.1, 0.15) is 0 Å². The van der Waals surface area contributed by atoms with Crippen LogP contribution < -0.4 is 63.8 Å². The minimum atomic E-state index is 0. The number of hydrogen-bond donors (Lipinski definition) is 0. The van der Waals surface area contributed by atoms with Crippen molar-refractivity contribution in [2.24, 2.45) is 0 Å². The van der Waals surface area contributed by atoms with Crippen LogP contribution >= 0.6 is 0 Å². The summed E-state index contributed by atoms with van der Waals surface area (Å²) in [6.45, 7) is 0. The van der Waals surface area contributed by atoms with Crippen LogP contribution in [0, 0.1) is 0 Å². The Morgan fingerprint density at radius 1 is 1.00 bits per heavy atom. The van der Waals surface area contributed by atoms with E-state index in [0.29, 0.717) is 0 Å². The molecule has 0 rings (SSSR count). The van der Waals surface area contributed by atoms with Crippen LogP contribution in [0.25, 0.3) is 0 Å². The van der Waals surface area contributed by atoms with Crippen molar-refractivity contribution < 1.29 is 69.3 Å². The number of hydrogen-bond acceptors (Lipinski definition) is 0. The van der Waals surface area contributed by atoms with Gasteiger partial charge in [0.2, 0.25) is 0 Å². The maximum absolute atomic E-state index is 0. The monoisotopic (exact) mass is 114 g/mol. The molecule has 0 spiro atoms. The van der Waals surface area contributed by atoms with E-state index in [1.54, 1.807) is 0 Å². The van der Waals surface area contributed by atoms with Crippen molar-refractivity contribution in [2.75, 3.05) is 0 Å². The van der Waals surface area contributed by atoms with Crippen molar-refractivity contribution in [3.8, 4) is 0 Å². The fourth-order valence-electron chi connectivity index (χ4n) is 0. The topological polar surface area (TPSA) is 28.5 Å². The summed E-state index contributed by atoms with van der Waals surface area (Å²) in [6, 6.07) is 0. The second-order valence-corrected chi connectivity index (χ2v) is 0. The molecule has 0 heterocycles. The van der Waals surface area contributed by atoms with Crippen molar-refractivity contribution in [3.05, 3.63) is 0 Å². The first-order chi connectivity index (χ1) is 0. The van der Waals surface area contributed by atoms with Crippen LogP contribution in [0.15, 0.2) is 0 Å². The van der Waals surface area contributed by atoms with Gasteiger partial charge in [0.05, 0.1) is 0 Å². The smallest absolute Gasteiger partial charge is 2.00 e. The summed E-state index contributed by atoms with van der Waals surface area (Å²) in [5.41, 5.74) is 0. The van der Waals surface area contributed by atoms with Crippen molar-refractivity contribution >= 4 is 23.1 Å². The quantitative estimate of drug-likeness (QED) is 0.281. The zero-order valence-electron chi connectivity index (χ0n) is 2.49. The first-order valence-corrected chi connectivity index (χ1v) is 0. The molecule has 0 amide bonds. The molecule has 0 saturated carbocycles. The third kappa shape index (κ3) is 8.82. The predicted molar refractivity (Wildman–Crippen MR) is 6.44 cm³/mol. The Bertz CT molecular complexity index is 8.00. The minimum Gasteiger partial charge on any atom is -2.00 e. The van der Waals surface area contributed by atoms with Crippen LogP contribution in [0.2, 0.25) is 0 Å². The minimum absolute atomic E-state index is 0. The van der Waals surface area contributed by atoms with E-state index in [9.17, 15) is 0 Å². The average molecular weight is 115 g/mol. The van der Waals surface area contributed by atoms with E-state index in [1.807, 2.05) is 0 Å². The molecule has 0 radical (unpaired) electrons. The predicted octanol–water partition coefficient (Wildman–Crippen LogP) is -6.49. The summed E-state index contributed by atoms with van der Waals surface area (Å²) in [5, 5.41) is 0. The van der Waals surface area contributed by atoms with Crippen molar-refractivity contribution in [1.82, 2.24) is 0 Å². The molecule has 0 atom stereocenters. The van der Waals surface area contributed by atoms with Gasteiger partial charge in [0, 0.05) is 0 Å². The summed E-state index contributed by atoms with van der Waals surface area (Å²) in [5.74, 6) is 0. The number of halogens is 1. The molecule has 1 nitrogen and oxygen atoms in total. The Hall–Kier alpha value is 2.65. The number of rotatable bonds is 0. The Labute approximate surface area is 90.2 Å². The SMILES string of the molecule is [Cl-].[K+].[Mg+2].[O-2]. The summed E-state index contributed by atoms with van der Waals surface area (Å²) in [6.07, 6.45) is 0. The van der Waals surface area contributed by atoms with Gasteiger partial charge in [-0.25, -0.2) is 0 Å². The van der Waals surface area contributed by atoms with Gasteiger partial charge < -0.3 is 17.9 Å². The molecule has 0 aromatic carbocycles. The van der Waals surface area contributed by atoms with E-state index in [1.165, 1.54) is 0 Å². The summed E-state index contributed by atoms with van der Waals surface area (Å²) >= 11 is 0. The molecule has 0 aliphatic carbocycles. The van der Waals surface area contributed by atoms with Crippen LogP contribution in [0.5, 0.6) is 0 Å². The van der Waals surface area contributed by atoms with Gasteiger partial charge in [-0.15, -0.1) is 0 Å². The van der Waals surface area contributed by atoms with E-state index in [2.05, 4.69) is 0 Å². The third-order valence-electron chi connectivity index (χ3n) is 0. The van der Waals surface area contributed by atoms with Gasteiger partial charge in [0.15, 0.2) is 0 Å². The molecule has 0 aromatic rings. The average Bonchev–Trinajstić information content (AvgIpc) is 0. The molecule has 4 heavy (non-hydrogen) atoms. The van der Waals surface area contributed by atoms with Crippen LogP contribution in [0.1, 0.15) is 0 Å². The second-order valence-electron chi connectivity index (χ2n) is 0. The Morgan fingerprint density at radius 2 is 1.00 bits per heavy atom. The summed E-state index contributed by atoms with van der Waals surface area (Å²) in [4.78, 5) is 0. The van der Waals surface area contributed by atoms with Gasteiger partial charge in [-0.05, 0) is 0 Å². The van der Waals surface area contributed by atoms with E-state index in [0.717, 1.165) is 0 Å².